The van der Waals surface area contributed by atoms with Crippen LogP contribution in [-0.4, -0.2) is 24.0 Å². The Bertz CT molecular complexity index is 299. The summed E-state index contributed by atoms with van der Waals surface area (Å²) in [6.45, 7) is 0. The monoisotopic (exact) mass is 212 g/mol. The first kappa shape index (κ1) is 11.5. The van der Waals surface area contributed by atoms with Crippen LogP contribution in [0, 0.1) is 0 Å². The topological polar surface area (TPSA) is 16.1 Å². The smallest absolute Gasteiger partial charge is 0.0451 e. The molecule has 1 unspecified atom stereocenters. The van der Waals surface area contributed by atoms with Crippen molar-refractivity contribution in [3.05, 3.63) is 29.6 Å². The zero-order valence-corrected chi connectivity index (χ0v) is 9.55. The number of aromatic nitrogens is 1. The van der Waals surface area contributed by atoms with Crippen LogP contribution < -0.4 is 0 Å². The molecule has 0 radical (unpaired) electrons. The second-order valence-electron chi connectivity index (χ2n) is 3.91. The standard InChI is InChI=1S/C11H16N2.ClH/c1-13(2)11-7-3-6-10-9(11)5-4-8-12-10;/h4-5,8,11H,3,6-7H2,1-2H3;1H. The van der Waals surface area contributed by atoms with Crippen LogP contribution in [0.4, 0.5) is 0 Å². The summed E-state index contributed by atoms with van der Waals surface area (Å²) in [5.74, 6) is 0. The number of aryl methyl sites for hydroxylation is 1. The molecule has 3 heteroatoms. The van der Waals surface area contributed by atoms with Gasteiger partial charge in [-0.05, 0) is 45.0 Å². The molecule has 0 spiro atoms. The number of hydrogen-bond acceptors (Lipinski definition) is 2. The molecule has 2 rings (SSSR count). The molecule has 0 aliphatic heterocycles. The summed E-state index contributed by atoms with van der Waals surface area (Å²) in [5, 5.41) is 0. The van der Waals surface area contributed by atoms with Crippen LogP contribution in [0.15, 0.2) is 18.3 Å². The van der Waals surface area contributed by atoms with Crippen LogP contribution in [0.1, 0.15) is 30.1 Å². The molecule has 1 aromatic heterocycles. The van der Waals surface area contributed by atoms with Gasteiger partial charge in [0.1, 0.15) is 0 Å². The fourth-order valence-corrected chi connectivity index (χ4v) is 2.12. The van der Waals surface area contributed by atoms with E-state index in [2.05, 4.69) is 30.0 Å². The van der Waals surface area contributed by atoms with E-state index in [4.69, 9.17) is 0 Å². The predicted molar refractivity (Wildman–Crippen MR) is 60.9 cm³/mol. The Morgan fingerprint density at radius 1 is 1.43 bits per heavy atom. The Labute approximate surface area is 91.7 Å². The summed E-state index contributed by atoms with van der Waals surface area (Å²) in [6.07, 6.45) is 5.59. The molecule has 1 aliphatic rings. The largest absolute Gasteiger partial charge is 0.302 e. The molecule has 0 fully saturated rings. The zero-order valence-electron chi connectivity index (χ0n) is 8.73. The molecular formula is C11H17ClN2. The highest BCUT2D eigenvalue weighted by atomic mass is 35.5. The van der Waals surface area contributed by atoms with Crippen LogP contribution in [0.5, 0.6) is 0 Å². The van der Waals surface area contributed by atoms with Gasteiger partial charge in [0, 0.05) is 17.9 Å². The zero-order chi connectivity index (χ0) is 9.26. The van der Waals surface area contributed by atoms with Gasteiger partial charge in [0.15, 0.2) is 0 Å². The van der Waals surface area contributed by atoms with E-state index < -0.39 is 0 Å². The quantitative estimate of drug-likeness (QED) is 0.711. The summed E-state index contributed by atoms with van der Waals surface area (Å²) in [4.78, 5) is 6.72. The van der Waals surface area contributed by atoms with Crippen molar-refractivity contribution >= 4 is 12.4 Å². The van der Waals surface area contributed by atoms with Crippen molar-refractivity contribution in [2.24, 2.45) is 0 Å². The maximum Gasteiger partial charge on any atom is 0.0451 e. The van der Waals surface area contributed by atoms with E-state index in [0.717, 1.165) is 6.42 Å². The minimum Gasteiger partial charge on any atom is -0.302 e. The van der Waals surface area contributed by atoms with E-state index >= 15 is 0 Å². The first-order valence-electron chi connectivity index (χ1n) is 4.89. The number of nitrogens with zero attached hydrogens (tertiary/aromatic N) is 2. The molecule has 0 saturated heterocycles. The normalized spacial score (nSPS) is 20.1. The van der Waals surface area contributed by atoms with Gasteiger partial charge in [-0.2, -0.15) is 0 Å². The number of fused-ring (bicyclic) bond motifs is 1. The Balaban J connectivity index is 0.000000980. The fraction of sp³-hybridized carbons (Fsp3) is 0.545. The average molecular weight is 213 g/mol. The minimum absolute atomic E-state index is 0. The van der Waals surface area contributed by atoms with Crippen molar-refractivity contribution in [1.29, 1.82) is 0 Å². The summed E-state index contributed by atoms with van der Waals surface area (Å²) >= 11 is 0. The van der Waals surface area contributed by atoms with E-state index in [-0.39, 0.29) is 12.4 Å². The second kappa shape index (κ2) is 4.76. The lowest BCUT2D eigenvalue weighted by molar-refractivity contribution is 0.267. The van der Waals surface area contributed by atoms with Gasteiger partial charge in [-0.25, -0.2) is 0 Å². The van der Waals surface area contributed by atoms with E-state index in [0.29, 0.717) is 6.04 Å². The molecule has 0 saturated carbocycles. The van der Waals surface area contributed by atoms with E-state index in [1.165, 1.54) is 24.1 Å². The maximum atomic E-state index is 4.43. The van der Waals surface area contributed by atoms with Gasteiger partial charge >= 0.3 is 0 Å². The molecule has 14 heavy (non-hydrogen) atoms. The van der Waals surface area contributed by atoms with Gasteiger partial charge in [-0.3, -0.25) is 4.98 Å². The number of halogens is 1. The molecular weight excluding hydrogens is 196 g/mol. The van der Waals surface area contributed by atoms with Crippen LogP contribution >= 0.6 is 12.4 Å². The van der Waals surface area contributed by atoms with Crippen molar-refractivity contribution in [1.82, 2.24) is 9.88 Å². The number of rotatable bonds is 1. The van der Waals surface area contributed by atoms with Crippen LogP contribution in [-0.2, 0) is 6.42 Å². The fourth-order valence-electron chi connectivity index (χ4n) is 2.12. The Morgan fingerprint density at radius 3 is 2.93 bits per heavy atom. The third kappa shape index (κ3) is 2.07. The molecule has 0 bridgehead atoms. The van der Waals surface area contributed by atoms with Crippen LogP contribution in [0.2, 0.25) is 0 Å². The Morgan fingerprint density at radius 2 is 2.21 bits per heavy atom. The molecule has 0 aromatic carbocycles. The summed E-state index contributed by atoms with van der Waals surface area (Å²) in [7, 11) is 4.29. The molecule has 78 valence electrons. The van der Waals surface area contributed by atoms with Crippen molar-refractivity contribution in [2.75, 3.05) is 14.1 Å². The Kier molecular flexibility index (Phi) is 3.90. The molecule has 0 N–H and O–H groups in total. The molecule has 1 heterocycles. The number of pyridine rings is 1. The molecule has 2 nitrogen and oxygen atoms in total. The molecule has 1 aliphatic carbocycles. The lowest BCUT2D eigenvalue weighted by Crippen LogP contribution is -2.24. The van der Waals surface area contributed by atoms with Gasteiger partial charge in [-0.15, -0.1) is 12.4 Å². The van der Waals surface area contributed by atoms with E-state index in [9.17, 15) is 0 Å². The lowest BCUT2D eigenvalue weighted by atomic mass is 9.91. The van der Waals surface area contributed by atoms with Gasteiger partial charge in [0.05, 0.1) is 0 Å². The third-order valence-electron chi connectivity index (χ3n) is 2.80. The summed E-state index contributed by atoms with van der Waals surface area (Å²) in [6, 6.07) is 4.84. The van der Waals surface area contributed by atoms with Gasteiger partial charge < -0.3 is 4.90 Å². The van der Waals surface area contributed by atoms with Crippen LogP contribution in [0.3, 0.4) is 0 Å². The SMILES string of the molecule is CN(C)C1CCCc2ncccc21.Cl. The molecule has 1 aromatic rings. The molecule has 1 atom stereocenters. The summed E-state index contributed by atoms with van der Waals surface area (Å²) in [5.41, 5.74) is 2.73. The third-order valence-corrected chi connectivity index (χ3v) is 2.80. The van der Waals surface area contributed by atoms with Crippen molar-refractivity contribution in [2.45, 2.75) is 25.3 Å². The van der Waals surface area contributed by atoms with E-state index in [1.807, 2.05) is 12.3 Å². The highest BCUT2D eigenvalue weighted by Gasteiger charge is 2.21. The predicted octanol–water partition coefficient (Wildman–Crippen LogP) is 2.44. The Hall–Kier alpha value is -0.600. The van der Waals surface area contributed by atoms with Crippen molar-refractivity contribution in [3.63, 3.8) is 0 Å². The minimum atomic E-state index is 0. The van der Waals surface area contributed by atoms with Crippen molar-refractivity contribution in [3.8, 4) is 0 Å². The van der Waals surface area contributed by atoms with E-state index in [1.54, 1.807) is 0 Å². The highest BCUT2D eigenvalue weighted by Crippen LogP contribution is 2.31. The van der Waals surface area contributed by atoms with Crippen LogP contribution in [0.25, 0.3) is 0 Å². The summed E-state index contributed by atoms with van der Waals surface area (Å²) < 4.78 is 0. The maximum absolute atomic E-state index is 4.43. The van der Waals surface area contributed by atoms with Gasteiger partial charge in [0.2, 0.25) is 0 Å². The van der Waals surface area contributed by atoms with Crippen molar-refractivity contribution < 1.29 is 0 Å². The first-order chi connectivity index (χ1) is 6.29. The highest BCUT2D eigenvalue weighted by molar-refractivity contribution is 5.85. The second-order valence-corrected chi connectivity index (χ2v) is 3.91. The van der Waals surface area contributed by atoms with Gasteiger partial charge in [0.25, 0.3) is 0 Å². The first-order valence-corrected chi connectivity index (χ1v) is 4.89. The lowest BCUT2D eigenvalue weighted by Gasteiger charge is -2.29. The average Bonchev–Trinajstić information content (AvgIpc) is 2.17. The number of hydrogen-bond donors (Lipinski definition) is 0. The molecule has 0 amide bonds. The van der Waals surface area contributed by atoms with Gasteiger partial charge in [-0.1, -0.05) is 6.07 Å².